The first-order valence-electron chi connectivity index (χ1n) is 9.60. The molecule has 2 aromatic carbocycles. The highest BCUT2D eigenvalue weighted by molar-refractivity contribution is 6.12. The van der Waals surface area contributed by atoms with E-state index < -0.39 is 11.8 Å². The molecule has 2 amide bonds. The molecule has 0 unspecified atom stereocenters. The van der Waals surface area contributed by atoms with Crippen molar-refractivity contribution < 1.29 is 19.4 Å². The maximum atomic E-state index is 12.8. The predicted octanol–water partition coefficient (Wildman–Crippen LogP) is 3.19. The number of carbonyl (C=O) groups is 2. The summed E-state index contributed by atoms with van der Waals surface area (Å²) >= 11 is 0. The fraction of sp³-hybridized carbons (Fsp3) is 0.130. The van der Waals surface area contributed by atoms with E-state index in [9.17, 15) is 14.7 Å². The molecule has 0 aliphatic carbocycles. The number of nitrogens with zero attached hydrogens (tertiary/aromatic N) is 2. The van der Waals surface area contributed by atoms with Crippen molar-refractivity contribution in [2.75, 3.05) is 31.8 Å². The third-order valence-electron chi connectivity index (χ3n) is 4.58. The molecule has 9 heteroatoms. The first-order chi connectivity index (χ1) is 15.3. The van der Waals surface area contributed by atoms with Gasteiger partial charge in [0.25, 0.3) is 11.8 Å². The van der Waals surface area contributed by atoms with Gasteiger partial charge in [0.15, 0.2) is 0 Å². The maximum absolute atomic E-state index is 12.8. The molecule has 32 heavy (non-hydrogen) atoms. The maximum Gasteiger partial charge on any atom is 0.259 e. The number of ether oxygens (including phenoxy) is 1. The van der Waals surface area contributed by atoms with Crippen LogP contribution in [-0.4, -0.2) is 53.8 Å². The van der Waals surface area contributed by atoms with E-state index >= 15 is 0 Å². The standard InChI is InChI=1S/C23H23N5O4/c1-28(2)21(24)14-4-6-15(7-5-14)22(30)26-19-10-9-17(32-3)12-18(19)23(31)27-20-11-8-16(29)13-25-20/h4-13,24,29H,1-3H3,(H,26,30)(H,25,27,31). The van der Waals surface area contributed by atoms with E-state index in [4.69, 9.17) is 10.1 Å². The Balaban J connectivity index is 1.82. The van der Waals surface area contributed by atoms with E-state index in [1.807, 2.05) is 0 Å². The third kappa shape index (κ3) is 5.20. The lowest BCUT2D eigenvalue weighted by atomic mass is 10.1. The van der Waals surface area contributed by atoms with Crippen molar-refractivity contribution in [1.82, 2.24) is 9.88 Å². The van der Waals surface area contributed by atoms with Crippen LogP contribution in [0.1, 0.15) is 26.3 Å². The third-order valence-corrected chi connectivity index (χ3v) is 4.58. The summed E-state index contributed by atoms with van der Waals surface area (Å²) in [5.74, 6) is 0.0743. The summed E-state index contributed by atoms with van der Waals surface area (Å²) in [5.41, 5.74) is 1.52. The zero-order chi connectivity index (χ0) is 23.3. The van der Waals surface area contributed by atoms with E-state index in [1.54, 1.807) is 55.4 Å². The second-order valence-electron chi connectivity index (χ2n) is 7.04. The van der Waals surface area contributed by atoms with Crippen LogP contribution in [0.4, 0.5) is 11.5 Å². The van der Waals surface area contributed by atoms with Crippen LogP contribution < -0.4 is 15.4 Å². The zero-order valence-corrected chi connectivity index (χ0v) is 17.8. The van der Waals surface area contributed by atoms with Crippen LogP contribution in [0, 0.1) is 5.41 Å². The van der Waals surface area contributed by atoms with E-state index in [2.05, 4.69) is 15.6 Å². The van der Waals surface area contributed by atoms with Crippen LogP contribution in [0.15, 0.2) is 60.8 Å². The molecule has 0 saturated carbocycles. The summed E-state index contributed by atoms with van der Waals surface area (Å²) in [6.45, 7) is 0. The molecular weight excluding hydrogens is 410 g/mol. The lowest BCUT2D eigenvalue weighted by molar-refractivity contribution is 0.102. The Morgan fingerprint density at radius 2 is 1.66 bits per heavy atom. The van der Waals surface area contributed by atoms with Crippen LogP contribution in [-0.2, 0) is 0 Å². The van der Waals surface area contributed by atoms with Crippen LogP contribution in [0.25, 0.3) is 0 Å². The Bertz CT molecular complexity index is 1140. The molecule has 3 aromatic rings. The molecule has 1 aromatic heterocycles. The first-order valence-corrected chi connectivity index (χ1v) is 9.60. The minimum absolute atomic E-state index is 0.0240. The molecule has 0 fully saturated rings. The average molecular weight is 433 g/mol. The van der Waals surface area contributed by atoms with E-state index in [0.29, 0.717) is 22.7 Å². The number of anilines is 2. The Morgan fingerprint density at radius 1 is 0.969 bits per heavy atom. The van der Waals surface area contributed by atoms with Crippen molar-refractivity contribution in [2.45, 2.75) is 0 Å². The van der Waals surface area contributed by atoms with Gasteiger partial charge >= 0.3 is 0 Å². The Hall–Kier alpha value is -4.40. The highest BCUT2D eigenvalue weighted by Crippen LogP contribution is 2.24. The van der Waals surface area contributed by atoms with Crippen molar-refractivity contribution in [3.8, 4) is 11.5 Å². The molecule has 0 aliphatic heterocycles. The van der Waals surface area contributed by atoms with E-state index in [-0.39, 0.29) is 22.8 Å². The van der Waals surface area contributed by atoms with Gasteiger partial charge in [0.2, 0.25) is 0 Å². The number of carbonyl (C=O) groups excluding carboxylic acids is 2. The van der Waals surface area contributed by atoms with Gasteiger partial charge in [-0.3, -0.25) is 15.0 Å². The molecule has 1 heterocycles. The highest BCUT2D eigenvalue weighted by Gasteiger charge is 2.17. The Kier molecular flexibility index (Phi) is 6.69. The van der Waals surface area contributed by atoms with Gasteiger partial charge in [0.1, 0.15) is 23.2 Å². The van der Waals surface area contributed by atoms with E-state index in [1.165, 1.54) is 31.5 Å². The van der Waals surface area contributed by atoms with Gasteiger partial charge in [-0.25, -0.2) is 4.98 Å². The quantitative estimate of drug-likeness (QED) is 0.349. The predicted molar refractivity (Wildman–Crippen MR) is 122 cm³/mol. The fourth-order valence-electron chi connectivity index (χ4n) is 2.82. The number of amides is 2. The molecule has 0 spiro atoms. The molecule has 0 saturated heterocycles. The number of aromatic hydroxyl groups is 1. The SMILES string of the molecule is COc1ccc(NC(=O)c2ccc(C(=N)N(C)C)cc2)c(C(=O)Nc2ccc(O)cn2)c1. The van der Waals surface area contributed by atoms with Gasteiger partial charge in [-0.15, -0.1) is 0 Å². The summed E-state index contributed by atoms with van der Waals surface area (Å²) in [7, 11) is 5.02. The number of nitrogens with one attached hydrogen (secondary N) is 3. The van der Waals surface area contributed by atoms with Crippen molar-refractivity contribution in [3.63, 3.8) is 0 Å². The fourth-order valence-corrected chi connectivity index (χ4v) is 2.82. The number of aromatic nitrogens is 1. The smallest absolute Gasteiger partial charge is 0.259 e. The lowest BCUT2D eigenvalue weighted by Crippen LogP contribution is -2.22. The van der Waals surface area contributed by atoms with Gasteiger partial charge in [0.05, 0.1) is 24.6 Å². The number of pyridine rings is 1. The number of benzene rings is 2. The van der Waals surface area contributed by atoms with Gasteiger partial charge in [-0.05, 0) is 42.5 Å². The number of hydrogen-bond donors (Lipinski definition) is 4. The summed E-state index contributed by atoms with van der Waals surface area (Å²) in [6, 6.07) is 14.2. The molecule has 0 radical (unpaired) electrons. The van der Waals surface area contributed by atoms with Crippen molar-refractivity contribution >= 4 is 29.2 Å². The van der Waals surface area contributed by atoms with Crippen LogP contribution in [0.3, 0.4) is 0 Å². The molecule has 0 aliphatic rings. The number of rotatable bonds is 6. The number of methoxy groups -OCH3 is 1. The second-order valence-corrected chi connectivity index (χ2v) is 7.04. The summed E-state index contributed by atoms with van der Waals surface area (Å²) in [4.78, 5) is 31.2. The Labute approximate surface area is 185 Å². The lowest BCUT2D eigenvalue weighted by Gasteiger charge is -2.15. The van der Waals surface area contributed by atoms with Crippen molar-refractivity contribution in [1.29, 1.82) is 5.41 Å². The minimum atomic E-state index is -0.507. The molecule has 0 bridgehead atoms. The molecular formula is C23H23N5O4. The summed E-state index contributed by atoms with van der Waals surface area (Å²) in [5, 5.41) is 22.7. The van der Waals surface area contributed by atoms with Crippen LogP contribution in [0.5, 0.6) is 11.5 Å². The van der Waals surface area contributed by atoms with Gasteiger partial charge in [0, 0.05) is 25.2 Å². The van der Waals surface area contributed by atoms with Crippen LogP contribution in [0.2, 0.25) is 0 Å². The molecule has 0 atom stereocenters. The van der Waals surface area contributed by atoms with Gasteiger partial charge < -0.3 is 25.4 Å². The van der Waals surface area contributed by atoms with E-state index in [0.717, 1.165) is 0 Å². The molecule has 164 valence electrons. The Morgan fingerprint density at radius 3 is 2.25 bits per heavy atom. The number of amidine groups is 1. The highest BCUT2D eigenvalue weighted by atomic mass is 16.5. The van der Waals surface area contributed by atoms with Crippen molar-refractivity contribution in [2.24, 2.45) is 0 Å². The first kappa shape index (κ1) is 22.3. The van der Waals surface area contributed by atoms with Gasteiger partial charge in [-0.2, -0.15) is 0 Å². The zero-order valence-electron chi connectivity index (χ0n) is 17.8. The summed E-state index contributed by atoms with van der Waals surface area (Å²) < 4.78 is 5.20. The molecule has 9 nitrogen and oxygen atoms in total. The molecule has 4 N–H and O–H groups in total. The minimum Gasteiger partial charge on any atom is -0.506 e. The van der Waals surface area contributed by atoms with Crippen molar-refractivity contribution in [3.05, 3.63) is 77.5 Å². The molecule has 3 rings (SSSR count). The topological polar surface area (TPSA) is 128 Å². The normalized spacial score (nSPS) is 10.2. The van der Waals surface area contributed by atoms with Crippen LogP contribution >= 0.6 is 0 Å². The van der Waals surface area contributed by atoms with Gasteiger partial charge in [-0.1, -0.05) is 12.1 Å². The second kappa shape index (κ2) is 9.61. The summed E-state index contributed by atoms with van der Waals surface area (Å²) in [6.07, 6.45) is 1.21. The average Bonchev–Trinajstić information content (AvgIpc) is 2.80. The largest absolute Gasteiger partial charge is 0.506 e. The number of hydrogen-bond acceptors (Lipinski definition) is 6. The monoisotopic (exact) mass is 433 g/mol.